The van der Waals surface area contributed by atoms with Crippen LogP contribution in [-0.2, 0) is 21.2 Å². The van der Waals surface area contributed by atoms with Gasteiger partial charge in [0.25, 0.3) is 0 Å². The monoisotopic (exact) mass is 422 g/mol. The number of nitrogens with one attached hydrogen (secondary N) is 1. The zero-order chi connectivity index (χ0) is 21.0. The Labute approximate surface area is 169 Å². The highest BCUT2D eigenvalue weighted by Gasteiger charge is 2.26. The van der Waals surface area contributed by atoms with Crippen LogP contribution in [0.4, 0.5) is 8.78 Å². The van der Waals surface area contributed by atoms with Crippen LogP contribution in [0.1, 0.15) is 43.4 Å². The molecule has 1 saturated heterocycles. The van der Waals surface area contributed by atoms with Gasteiger partial charge in [-0.25, -0.2) is 17.2 Å². The second-order valence-corrected chi connectivity index (χ2v) is 9.16. The van der Waals surface area contributed by atoms with Crippen LogP contribution in [0.3, 0.4) is 0 Å². The molecule has 0 aromatic heterocycles. The SMILES string of the molecule is C[C@@H](NC(=O)CCc1ccc(S(=O)(=O)N2CCCC2)cc1)c1ccc(F)c(F)c1. The van der Waals surface area contributed by atoms with Crippen molar-refractivity contribution in [1.29, 1.82) is 0 Å². The largest absolute Gasteiger partial charge is 0.350 e. The first-order chi connectivity index (χ1) is 13.8. The van der Waals surface area contributed by atoms with E-state index in [-0.39, 0.29) is 17.2 Å². The molecule has 156 valence electrons. The van der Waals surface area contributed by atoms with Crippen LogP contribution in [0.5, 0.6) is 0 Å². The fourth-order valence-corrected chi connectivity index (χ4v) is 4.86. The molecule has 2 aromatic carbocycles. The van der Waals surface area contributed by atoms with E-state index in [2.05, 4.69) is 5.32 Å². The molecular weight excluding hydrogens is 398 g/mol. The number of benzene rings is 2. The molecule has 0 saturated carbocycles. The molecule has 1 fully saturated rings. The Balaban J connectivity index is 1.54. The Morgan fingerprint density at radius 2 is 1.72 bits per heavy atom. The molecular formula is C21H24F2N2O3S. The molecule has 5 nitrogen and oxygen atoms in total. The predicted molar refractivity (Wildman–Crippen MR) is 106 cm³/mol. The number of nitrogens with zero attached hydrogens (tertiary/aromatic N) is 1. The summed E-state index contributed by atoms with van der Waals surface area (Å²) >= 11 is 0. The fraction of sp³-hybridized carbons (Fsp3) is 0.381. The molecule has 0 radical (unpaired) electrons. The van der Waals surface area contributed by atoms with Gasteiger partial charge in [0, 0.05) is 19.5 Å². The highest BCUT2D eigenvalue weighted by atomic mass is 32.2. The van der Waals surface area contributed by atoms with Crippen molar-refractivity contribution in [3.05, 3.63) is 65.2 Å². The summed E-state index contributed by atoms with van der Waals surface area (Å²) in [5.74, 6) is -2.11. The first kappa shape index (κ1) is 21.4. The highest BCUT2D eigenvalue weighted by molar-refractivity contribution is 7.89. The lowest BCUT2D eigenvalue weighted by molar-refractivity contribution is -0.121. The molecule has 1 aliphatic rings. The summed E-state index contributed by atoms with van der Waals surface area (Å²) in [4.78, 5) is 12.4. The molecule has 2 aromatic rings. The van der Waals surface area contributed by atoms with Gasteiger partial charge in [-0.2, -0.15) is 4.31 Å². The molecule has 1 amide bonds. The Morgan fingerprint density at radius 3 is 2.34 bits per heavy atom. The van der Waals surface area contributed by atoms with Crippen LogP contribution < -0.4 is 5.32 Å². The number of hydrogen-bond acceptors (Lipinski definition) is 3. The first-order valence-corrected chi connectivity index (χ1v) is 11.0. The topological polar surface area (TPSA) is 66.5 Å². The zero-order valence-electron chi connectivity index (χ0n) is 16.2. The van der Waals surface area contributed by atoms with Gasteiger partial charge in [-0.3, -0.25) is 4.79 Å². The number of hydrogen-bond donors (Lipinski definition) is 1. The van der Waals surface area contributed by atoms with Crippen LogP contribution in [0.25, 0.3) is 0 Å². The zero-order valence-corrected chi connectivity index (χ0v) is 17.0. The lowest BCUT2D eigenvalue weighted by atomic mass is 10.1. The summed E-state index contributed by atoms with van der Waals surface area (Å²) in [6.45, 7) is 2.81. The summed E-state index contributed by atoms with van der Waals surface area (Å²) in [5.41, 5.74) is 1.33. The third-order valence-corrected chi connectivity index (χ3v) is 7.00. The molecule has 1 heterocycles. The number of halogens is 2. The number of amides is 1. The van der Waals surface area contributed by atoms with Crippen molar-refractivity contribution in [2.75, 3.05) is 13.1 Å². The van der Waals surface area contributed by atoms with Crippen LogP contribution in [0, 0.1) is 11.6 Å². The summed E-state index contributed by atoms with van der Waals surface area (Å²) < 4.78 is 52.9. The molecule has 8 heteroatoms. The number of rotatable bonds is 7. The van der Waals surface area contributed by atoms with E-state index in [0.29, 0.717) is 25.1 Å². The van der Waals surface area contributed by atoms with Gasteiger partial charge in [-0.15, -0.1) is 0 Å². The van der Waals surface area contributed by atoms with Gasteiger partial charge in [-0.1, -0.05) is 18.2 Å². The number of sulfonamides is 1. The minimum atomic E-state index is -3.44. The summed E-state index contributed by atoms with van der Waals surface area (Å²) in [7, 11) is -3.44. The van der Waals surface area contributed by atoms with Crippen LogP contribution in [0.2, 0.25) is 0 Å². The van der Waals surface area contributed by atoms with E-state index in [1.165, 1.54) is 10.4 Å². The molecule has 3 rings (SSSR count). The van der Waals surface area contributed by atoms with Gasteiger partial charge < -0.3 is 5.32 Å². The fourth-order valence-electron chi connectivity index (χ4n) is 3.34. The van der Waals surface area contributed by atoms with Gasteiger partial charge in [0.05, 0.1) is 10.9 Å². The maximum Gasteiger partial charge on any atom is 0.243 e. The van der Waals surface area contributed by atoms with E-state index in [9.17, 15) is 22.0 Å². The predicted octanol–water partition coefficient (Wildman–Crippen LogP) is 3.56. The van der Waals surface area contributed by atoms with Crippen molar-refractivity contribution in [2.45, 2.75) is 43.5 Å². The number of aryl methyl sites for hydroxylation is 1. The highest BCUT2D eigenvalue weighted by Crippen LogP contribution is 2.21. The Hall–Kier alpha value is -2.32. The van der Waals surface area contributed by atoms with Crippen molar-refractivity contribution in [3.63, 3.8) is 0 Å². The minimum Gasteiger partial charge on any atom is -0.350 e. The molecule has 0 spiro atoms. The second-order valence-electron chi connectivity index (χ2n) is 7.22. The average Bonchev–Trinajstić information content (AvgIpc) is 3.24. The standard InChI is InChI=1S/C21H24F2N2O3S/c1-15(17-7-10-19(22)20(23)14-17)24-21(26)11-6-16-4-8-18(9-5-16)29(27,28)25-12-2-3-13-25/h4-5,7-10,14-15H,2-3,6,11-13H2,1H3,(H,24,26)/t15-/m1/s1. The second kappa shape index (κ2) is 9.00. The summed E-state index contributed by atoms with van der Waals surface area (Å²) in [6.07, 6.45) is 2.41. The maximum absolute atomic E-state index is 13.3. The lowest BCUT2D eigenvalue weighted by Crippen LogP contribution is -2.28. The summed E-state index contributed by atoms with van der Waals surface area (Å²) in [6, 6.07) is 9.67. The van der Waals surface area contributed by atoms with E-state index < -0.39 is 27.7 Å². The van der Waals surface area contributed by atoms with Gasteiger partial charge in [0.2, 0.25) is 15.9 Å². The smallest absolute Gasteiger partial charge is 0.243 e. The van der Waals surface area contributed by atoms with Crippen molar-refractivity contribution in [1.82, 2.24) is 9.62 Å². The molecule has 1 aliphatic heterocycles. The molecule has 0 unspecified atom stereocenters. The molecule has 0 bridgehead atoms. The normalized spacial score (nSPS) is 16.0. The van der Waals surface area contributed by atoms with Gasteiger partial charge in [0.1, 0.15) is 0 Å². The quantitative estimate of drug-likeness (QED) is 0.742. The van der Waals surface area contributed by atoms with Crippen molar-refractivity contribution in [2.24, 2.45) is 0 Å². The van der Waals surface area contributed by atoms with E-state index in [1.54, 1.807) is 31.2 Å². The molecule has 29 heavy (non-hydrogen) atoms. The lowest BCUT2D eigenvalue weighted by Gasteiger charge is -2.16. The summed E-state index contributed by atoms with van der Waals surface area (Å²) in [5, 5.41) is 2.76. The van der Waals surface area contributed by atoms with Crippen LogP contribution >= 0.6 is 0 Å². The van der Waals surface area contributed by atoms with Gasteiger partial charge in [0.15, 0.2) is 11.6 Å². The van der Waals surface area contributed by atoms with Crippen molar-refractivity contribution in [3.8, 4) is 0 Å². The average molecular weight is 422 g/mol. The van der Waals surface area contributed by atoms with E-state index in [1.807, 2.05) is 0 Å². The van der Waals surface area contributed by atoms with Crippen molar-refractivity contribution < 1.29 is 22.0 Å². The molecule has 1 N–H and O–H groups in total. The maximum atomic E-state index is 13.3. The number of carbonyl (C=O) groups is 1. The molecule has 0 aliphatic carbocycles. The minimum absolute atomic E-state index is 0.201. The Morgan fingerprint density at radius 1 is 1.07 bits per heavy atom. The van der Waals surface area contributed by atoms with E-state index in [0.717, 1.165) is 30.5 Å². The van der Waals surface area contributed by atoms with Gasteiger partial charge >= 0.3 is 0 Å². The number of carbonyl (C=O) groups excluding carboxylic acids is 1. The van der Waals surface area contributed by atoms with Crippen LogP contribution in [-0.4, -0.2) is 31.7 Å². The van der Waals surface area contributed by atoms with E-state index >= 15 is 0 Å². The van der Waals surface area contributed by atoms with Gasteiger partial charge in [-0.05, 0) is 61.6 Å². The molecule has 1 atom stereocenters. The Kier molecular flexibility index (Phi) is 6.64. The van der Waals surface area contributed by atoms with E-state index in [4.69, 9.17) is 0 Å². The third-order valence-electron chi connectivity index (χ3n) is 5.09. The third kappa shape index (κ3) is 5.19. The first-order valence-electron chi connectivity index (χ1n) is 9.61. The Bertz CT molecular complexity index is 972. The van der Waals surface area contributed by atoms with Crippen LogP contribution in [0.15, 0.2) is 47.4 Å². The van der Waals surface area contributed by atoms with Crippen molar-refractivity contribution >= 4 is 15.9 Å².